The molecule has 0 saturated carbocycles. The van der Waals surface area contributed by atoms with Crippen molar-refractivity contribution in [3.8, 4) is 5.75 Å². The molecule has 2 heterocycles. The van der Waals surface area contributed by atoms with Gasteiger partial charge in [-0.1, -0.05) is 12.1 Å². The Balaban J connectivity index is 1.46. The highest BCUT2D eigenvalue weighted by molar-refractivity contribution is 5.82. The summed E-state index contributed by atoms with van der Waals surface area (Å²) in [6.07, 6.45) is 2.01. The molecular weight excluding hydrogens is 332 g/mol. The minimum atomic E-state index is -0.274. The van der Waals surface area contributed by atoms with Gasteiger partial charge in [-0.3, -0.25) is 9.59 Å². The molecule has 2 fully saturated rings. The van der Waals surface area contributed by atoms with Gasteiger partial charge in [0.2, 0.25) is 5.91 Å². The van der Waals surface area contributed by atoms with Gasteiger partial charge in [-0.15, -0.1) is 0 Å². The van der Waals surface area contributed by atoms with Crippen molar-refractivity contribution in [2.45, 2.75) is 45.3 Å². The molecule has 0 aliphatic carbocycles. The summed E-state index contributed by atoms with van der Waals surface area (Å²) in [5.74, 6) is 1.000. The van der Waals surface area contributed by atoms with E-state index in [1.165, 1.54) is 0 Å². The van der Waals surface area contributed by atoms with Gasteiger partial charge in [0.1, 0.15) is 11.9 Å². The Bertz CT molecular complexity index is 615. The molecule has 0 bridgehead atoms. The van der Waals surface area contributed by atoms with Gasteiger partial charge in [-0.05, 0) is 44.4 Å². The minimum absolute atomic E-state index is 0.0790. The van der Waals surface area contributed by atoms with E-state index in [9.17, 15) is 9.59 Å². The molecule has 0 N–H and O–H groups in total. The molecule has 3 rings (SSSR count). The van der Waals surface area contributed by atoms with E-state index in [2.05, 4.69) is 0 Å². The third-order valence-corrected chi connectivity index (χ3v) is 4.80. The molecule has 0 aromatic heterocycles. The molecule has 1 unspecified atom stereocenters. The highest BCUT2D eigenvalue weighted by atomic mass is 16.5. The van der Waals surface area contributed by atoms with Crippen LogP contribution in [0.2, 0.25) is 0 Å². The van der Waals surface area contributed by atoms with Crippen LogP contribution in [0.1, 0.15) is 32.3 Å². The first kappa shape index (κ1) is 18.7. The van der Waals surface area contributed by atoms with Gasteiger partial charge in [0, 0.05) is 32.8 Å². The molecule has 1 aromatic rings. The standard InChI is InChI=1S/C20H28N2O4/c1-15(2)26-17-7-5-16(6-8-17)14-19(23)21-9-11-22(12-10-21)20(24)18-4-3-13-25-18/h5-8,15,18H,3-4,9-14H2,1-2H3. The lowest BCUT2D eigenvalue weighted by Gasteiger charge is -2.35. The second kappa shape index (κ2) is 8.54. The molecule has 6 heteroatoms. The lowest BCUT2D eigenvalue weighted by atomic mass is 10.1. The molecule has 26 heavy (non-hydrogen) atoms. The summed E-state index contributed by atoms with van der Waals surface area (Å²) in [6.45, 7) is 7.01. The first-order valence-corrected chi connectivity index (χ1v) is 9.46. The summed E-state index contributed by atoms with van der Waals surface area (Å²) in [5, 5.41) is 0. The predicted molar refractivity (Wildman–Crippen MR) is 98.0 cm³/mol. The number of benzene rings is 1. The topological polar surface area (TPSA) is 59.1 Å². The maximum absolute atomic E-state index is 12.5. The number of amides is 2. The Morgan fingerprint density at radius 1 is 1.12 bits per heavy atom. The summed E-state index contributed by atoms with van der Waals surface area (Å²) < 4.78 is 11.1. The van der Waals surface area contributed by atoms with Gasteiger partial charge in [-0.25, -0.2) is 0 Å². The largest absolute Gasteiger partial charge is 0.491 e. The fraction of sp³-hybridized carbons (Fsp3) is 0.600. The average Bonchev–Trinajstić information content (AvgIpc) is 3.17. The summed E-state index contributed by atoms with van der Waals surface area (Å²) in [6, 6.07) is 7.68. The third-order valence-electron chi connectivity index (χ3n) is 4.80. The van der Waals surface area contributed by atoms with Crippen molar-refractivity contribution in [3.05, 3.63) is 29.8 Å². The van der Waals surface area contributed by atoms with Gasteiger partial charge in [0.05, 0.1) is 12.5 Å². The quantitative estimate of drug-likeness (QED) is 0.804. The number of rotatable bonds is 5. The zero-order valence-corrected chi connectivity index (χ0v) is 15.6. The van der Waals surface area contributed by atoms with Crippen LogP contribution >= 0.6 is 0 Å². The van der Waals surface area contributed by atoms with E-state index in [1.54, 1.807) is 0 Å². The van der Waals surface area contributed by atoms with Gasteiger partial charge >= 0.3 is 0 Å². The van der Waals surface area contributed by atoms with Crippen molar-refractivity contribution in [2.75, 3.05) is 32.8 Å². The van der Waals surface area contributed by atoms with E-state index in [1.807, 2.05) is 47.9 Å². The summed E-state index contributed by atoms with van der Waals surface area (Å²) in [7, 11) is 0. The van der Waals surface area contributed by atoms with Crippen LogP contribution in [-0.4, -0.2) is 66.6 Å². The second-order valence-electron chi connectivity index (χ2n) is 7.20. The first-order chi connectivity index (χ1) is 12.5. The van der Waals surface area contributed by atoms with Crippen molar-refractivity contribution in [2.24, 2.45) is 0 Å². The molecule has 2 saturated heterocycles. The van der Waals surface area contributed by atoms with Crippen molar-refractivity contribution < 1.29 is 19.1 Å². The number of ether oxygens (including phenoxy) is 2. The molecule has 1 atom stereocenters. The predicted octanol–water partition coefficient (Wildman–Crippen LogP) is 1.87. The zero-order valence-electron chi connectivity index (χ0n) is 15.6. The van der Waals surface area contributed by atoms with Crippen LogP contribution in [0.25, 0.3) is 0 Å². The number of nitrogens with zero attached hydrogens (tertiary/aromatic N) is 2. The molecule has 2 aliphatic rings. The minimum Gasteiger partial charge on any atom is -0.491 e. The fourth-order valence-corrected chi connectivity index (χ4v) is 3.40. The molecule has 2 aliphatic heterocycles. The van der Waals surface area contributed by atoms with E-state index in [0.29, 0.717) is 39.2 Å². The lowest BCUT2D eigenvalue weighted by Crippen LogP contribution is -2.53. The Morgan fingerprint density at radius 2 is 1.77 bits per heavy atom. The van der Waals surface area contributed by atoms with Crippen molar-refractivity contribution >= 4 is 11.8 Å². The number of carbonyl (C=O) groups excluding carboxylic acids is 2. The van der Waals surface area contributed by atoms with E-state index in [0.717, 1.165) is 24.2 Å². The van der Waals surface area contributed by atoms with Gasteiger partial charge in [0.25, 0.3) is 5.91 Å². The smallest absolute Gasteiger partial charge is 0.251 e. The van der Waals surface area contributed by atoms with Crippen LogP contribution in [0.4, 0.5) is 0 Å². The van der Waals surface area contributed by atoms with Crippen LogP contribution in [0.3, 0.4) is 0 Å². The van der Waals surface area contributed by atoms with Gasteiger partial charge in [0.15, 0.2) is 0 Å². The monoisotopic (exact) mass is 360 g/mol. The van der Waals surface area contributed by atoms with Crippen LogP contribution in [-0.2, 0) is 20.7 Å². The number of carbonyl (C=O) groups is 2. The van der Waals surface area contributed by atoms with Crippen molar-refractivity contribution in [1.82, 2.24) is 9.80 Å². The maximum Gasteiger partial charge on any atom is 0.251 e. The first-order valence-electron chi connectivity index (χ1n) is 9.46. The van der Waals surface area contributed by atoms with Crippen LogP contribution in [0.15, 0.2) is 24.3 Å². The fourth-order valence-electron chi connectivity index (χ4n) is 3.40. The summed E-state index contributed by atoms with van der Waals surface area (Å²) >= 11 is 0. The third kappa shape index (κ3) is 4.75. The molecule has 2 amide bonds. The Hall–Kier alpha value is -2.08. The summed E-state index contributed by atoms with van der Waals surface area (Å²) in [5.41, 5.74) is 0.976. The second-order valence-corrected chi connectivity index (χ2v) is 7.20. The zero-order chi connectivity index (χ0) is 18.5. The summed E-state index contributed by atoms with van der Waals surface area (Å²) in [4.78, 5) is 28.6. The molecule has 142 valence electrons. The van der Waals surface area contributed by atoms with Crippen LogP contribution < -0.4 is 4.74 Å². The number of piperazine rings is 1. The van der Waals surface area contributed by atoms with E-state index in [-0.39, 0.29) is 24.0 Å². The Kier molecular flexibility index (Phi) is 6.14. The molecular formula is C20H28N2O4. The maximum atomic E-state index is 12.5. The highest BCUT2D eigenvalue weighted by Crippen LogP contribution is 2.17. The SMILES string of the molecule is CC(C)Oc1ccc(CC(=O)N2CCN(C(=O)C3CCCO3)CC2)cc1. The number of hydrogen-bond donors (Lipinski definition) is 0. The van der Waals surface area contributed by atoms with E-state index >= 15 is 0 Å². The Morgan fingerprint density at radius 3 is 2.35 bits per heavy atom. The van der Waals surface area contributed by atoms with Gasteiger partial charge in [-0.2, -0.15) is 0 Å². The normalized spacial score (nSPS) is 20.5. The Labute approximate surface area is 155 Å². The molecule has 0 spiro atoms. The molecule has 0 radical (unpaired) electrons. The lowest BCUT2D eigenvalue weighted by molar-refractivity contribution is -0.145. The van der Waals surface area contributed by atoms with E-state index < -0.39 is 0 Å². The highest BCUT2D eigenvalue weighted by Gasteiger charge is 2.31. The van der Waals surface area contributed by atoms with Crippen molar-refractivity contribution in [1.29, 1.82) is 0 Å². The average molecular weight is 360 g/mol. The van der Waals surface area contributed by atoms with E-state index in [4.69, 9.17) is 9.47 Å². The molecule has 6 nitrogen and oxygen atoms in total. The van der Waals surface area contributed by atoms with Crippen molar-refractivity contribution in [3.63, 3.8) is 0 Å². The number of hydrogen-bond acceptors (Lipinski definition) is 4. The van der Waals surface area contributed by atoms with Gasteiger partial charge < -0.3 is 19.3 Å². The molecule has 1 aromatic carbocycles. The van der Waals surface area contributed by atoms with Crippen LogP contribution in [0, 0.1) is 0 Å². The van der Waals surface area contributed by atoms with Crippen LogP contribution in [0.5, 0.6) is 5.75 Å².